The number of H-pyrrole nitrogens is 2. The Morgan fingerprint density at radius 1 is 1.02 bits per heavy atom. The molecular weight excluding hydrogens is 549 g/mol. The van der Waals surface area contributed by atoms with Crippen LogP contribution in [-0.4, -0.2) is 73.5 Å². The second kappa shape index (κ2) is 11.0. The monoisotopic (exact) mass is 584 g/mol. The highest BCUT2D eigenvalue weighted by Crippen LogP contribution is 2.30. The number of hydrogen-bond acceptors (Lipinski definition) is 4. The van der Waals surface area contributed by atoms with Crippen LogP contribution < -0.4 is 11.4 Å². The number of aryl methyl sites for hydroxylation is 1. The molecule has 4 aromatic rings. The van der Waals surface area contributed by atoms with Gasteiger partial charge >= 0.3 is 17.8 Å². The minimum atomic E-state index is -5.19. The van der Waals surface area contributed by atoms with Crippen molar-refractivity contribution in [3.63, 3.8) is 0 Å². The number of nitrogens with zero attached hydrogens (tertiary/aromatic N) is 3. The number of fused-ring (bicyclic) bond motifs is 2. The lowest BCUT2D eigenvalue weighted by molar-refractivity contribution is -0.190. The van der Waals surface area contributed by atoms with Crippen LogP contribution in [0.5, 0.6) is 0 Å². The van der Waals surface area contributed by atoms with E-state index in [1.54, 1.807) is 11.5 Å². The Balaban J connectivity index is 1.47. The van der Waals surface area contributed by atoms with Crippen LogP contribution in [0.15, 0.2) is 53.3 Å². The molecule has 2 aromatic heterocycles. The Bertz CT molecular complexity index is 1670. The number of hydrogen-bond donors (Lipinski definition) is 3. The van der Waals surface area contributed by atoms with Crippen molar-refractivity contribution in [2.24, 2.45) is 5.73 Å². The lowest BCUT2D eigenvalue weighted by Crippen LogP contribution is -2.60. The number of likely N-dealkylation sites (tertiary alicyclic amines) is 1. The highest BCUT2D eigenvalue weighted by atomic mass is 19.4. The van der Waals surface area contributed by atoms with E-state index in [0.29, 0.717) is 34.5 Å². The number of carbonyl (C=O) groups excluding carboxylic acids is 2. The van der Waals surface area contributed by atoms with E-state index < -0.39 is 36.1 Å². The van der Waals surface area contributed by atoms with E-state index in [0.717, 1.165) is 16.4 Å². The summed E-state index contributed by atoms with van der Waals surface area (Å²) in [5.41, 5.74) is 8.31. The molecule has 1 aliphatic rings. The quantitative estimate of drug-likeness (QED) is 0.304. The number of halogens is 3. The van der Waals surface area contributed by atoms with Gasteiger partial charge in [0, 0.05) is 54.2 Å². The summed E-state index contributed by atoms with van der Waals surface area (Å²) >= 11 is 0. The molecule has 1 fully saturated rings. The van der Waals surface area contributed by atoms with Crippen molar-refractivity contribution >= 4 is 33.8 Å². The molecule has 42 heavy (non-hydrogen) atoms. The van der Waals surface area contributed by atoms with E-state index in [2.05, 4.69) is 9.97 Å². The minimum absolute atomic E-state index is 0.117. The van der Waals surface area contributed by atoms with E-state index in [4.69, 9.17) is 5.73 Å². The first-order chi connectivity index (χ1) is 19.7. The molecule has 2 aromatic carbocycles. The highest BCUT2D eigenvalue weighted by molar-refractivity contribution is 5.92. The average molecular weight is 585 g/mol. The fourth-order valence-electron chi connectivity index (χ4n) is 6.04. The van der Waals surface area contributed by atoms with Crippen molar-refractivity contribution in [2.45, 2.75) is 63.8 Å². The number of nitrogens with two attached hydrogens (primary N) is 1. The van der Waals surface area contributed by atoms with Gasteiger partial charge < -0.3 is 25.5 Å². The molecule has 1 aliphatic heterocycles. The predicted molar refractivity (Wildman–Crippen MR) is 154 cm³/mol. The maximum atomic E-state index is 14.1. The third kappa shape index (κ3) is 5.80. The zero-order chi connectivity index (χ0) is 30.4. The van der Waals surface area contributed by atoms with Crippen LogP contribution >= 0.6 is 0 Å². The molecule has 0 bridgehead atoms. The van der Waals surface area contributed by atoms with Gasteiger partial charge in [-0.2, -0.15) is 13.2 Å². The van der Waals surface area contributed by atoms with Gasteiger partial charge in [0.2, 0.25) is 5.91 Å². The number of alkyl halides is 3. The second-order valence-corrected chi connectivity index (χ2v) is 11.8. The Hall–Kier alpha value is -4.06. The molecule has 1 unspecified atom stereocenters. The van der Waals surface area contributed by atoms with E-state index in [-0.39, 0.29) is 31.2 Å². The highest BCUT2D eigenvalue weighted by Gasteiger charge is 2.48. The molecule has 0 aliphatic carbocycles. The van der Waals surface area contributed by atoms with E-state index in [9.17, 15) is 27.6 Å². The number of piperidine rings is 1. The number of rotatable bonds is 7. The SMILES string of the molecule is Cc1[nH]c2ccccc2c1CC(C(=O)N1CCC(n2c(=O)[nH]c3ccccc32)CC1)N(CC(C)(C)N)C(=O)C(F)(F)F. The van der Waals surface area contributed by atoms with Gasteiger partial charge in [0.05, 0.1) is 11.0 Å². The molecule has 0 spiro atoms. The Labute approximate surface area is 240 Å². The Morgan fingerprint density at radius 3 is 2.29 bits per heavy atom. The van der Waals surface area contributed by atoms with Crippen LogP contribution in [0.1, 0.15) is 44.0 Å². The Kier molecular flexibility index (Phi) is 7.69. The molecule has 3 heterocycles. The van der Waals surface area contributed by atoms with Crippen LogP contribution in [-0.2, 0) is 16.0 Å². The standard InChI is InChI=1S/C30H35F3N6O3/c1-18-21(20-8-4-5-9-22(20)35-18)16-25(38(17-29(2,3)34)27(41)30(31,32)33)26(40)37-14-12-19(13-15-37)39-24-11-7-6-10-23(24)36-28(39)42/h4-11,19,25,35H,12-17,34H2,1-3H3,(H,36,42). The van der Waals surface area contributed by atoms with Crippen LogP contribution in [0.2, 0.25) is 0 Å². The summed E-state index contributed by atoms with van der Waals surface area (Å²) in [4.78, 5) is 47.9. The number of aromatic nitrogens is 3. The third-order valence-corrected chi connectivity index (χ3v) is 7.93. The zero-order valence-electron chi connectivity index (χ0n) is 23.8. The van der Waals surface area contributed by atoms with Crippen molar-refractivity contribution < 1.29 is 22.8 Å². The number of imidazole rings is 1. The van der Waals surface area contributed by atoms with Crippen LogP contribution in [0.4, 0.5) is 13.2 Å². The molecule has 2 amide bonds. The molecule has 1 saturated heterocycles. The normalized spacial score (nSPS) is 15.8. The maximum Gasteiger partial charge on any atom is 0.471 e. The fraction of sp³-hybridized carbons (Fsp3) is 0.433. The summed E-state index contributed by atoms with van der Waals surface area (Å²) < 4.78 is 43.5. The smallest absolute Gasteiger partial charge is 0.358 e. The van der Waals surface area contributed by atoms with Gasteiger partial charge in [-0.3, -0.25) is 14.2 Å². The topological polar surface area (TPSA) is 120 Å². The van der Waals surface area contributed by atoms with E-state index in [1.807, 2.05) is 48.5 Å². The van der Waals surface area contributed by atoms with Crippen LogP contribution in [0.3, 0.4) is 0 Å². The van der Waals surface area contributed by atoms with Gasteiger partial charge in [-0.25, -0.2) is 4.79 Å². The molecule has 12 heteroatoms. The van der Waals surface area contributed by atoms with Crippen molar-refractivity contribution in [2.75, 3.05) is 19.6 Å². The number of para-hydroxylation sites is 3. The van der Waals surface area contributed by atoms with Crippen molar-refractivity contribution in [1.29, 1.82) is 0 Å². The Morgan fingerprint density at radius 2 is 1.64 bits per heavy atom. The van der Waals surface area contributed by atoms with E-state index >= 15 is 0 Å². The summed E-state index contributed by atoms with van der Waals surface area (Å²) in [5, 5.41) is 0.775. The summed E-state index contributed by atoms with van der Waals surface area (Å²) in [6.07, 6.45) is -4.44. The van der Waals surface area contributed by atoms with Gasteiger partial charge in [0.1, 0.15) is 6.04 Å². The largest absolute Gasteiger partial charge is 0.471 e. The first-order valence-corrected chi connectivity index (χ1v) is 14.0. The summed E-state index contributed by atoms with van der Waals surface area (Å²) in [6, 6.07) is 13.0. The predicted octanol–water partition coefficient (Wildman–Crippen LogP) is 4.02. The lowest BCUT2D eigenvalue weighted by Gasteiger charge is -2.40. The summed E-state index contributed by atoms with van der Waals surface area (Å²) in [5.74, 6) is -2.68. The van der Waals surface area contributed by atoms with Crippen LogP contribution in [0, 0.1) is 6.92 Å². The van der Waals surface area contributed by atoms with Gasteiger partial charge in [-0.05, 0) is 57.4 Å². The molecular formula is C30H35F3N6O3. The molecule has 1 atom stereocenters. The van der Waals surface area contributed by atoms with Crippen molar-refractivity contribution in [3.05, 3.63) is 70.3 Å². The number of amides is 2. The lowest BCUT2D eigenvalue weighted by atomic mass is 9.96. The van der Waals surface area contributed by atoms with Gasteiger partial charge in [-0.15, -0.1) is 0 Å². The second-order valence-electron chi connectivity index (χ2n) is 11.8. The molecule has 224 valence electrons. The van der Waals surface area contributed by atoms with Gasteiger partial charge in [0.15, 0.2) is 0 Å². The van der Waals surface area contributed by atoms with Crippen molar-refractivity contribution in [3.8, 4) is 0 Å². The van der Waals surface area contributed by atoms with Crippen molar-refractivity contribution in [1.82, 2.24) is 24.3 Å². The number of nitrogens with one attached hydrogen (secondary N) is 2. The van der Waals surface area contributed by atoms with Gasteiger partial charge in [0.25, 0.3) is 0 Å². The maximum absolute atomic E-state index is 14.1. The number of carbonyl (C=O) groups is 2. The van der Waals surface area contributed by atoms with Gasteiger partial charge in [-0.1, -0.05) is 30.3 Å². The summed E-state index contributed by atoms with van der Waals surface area (Å²) in [6.45, 7) is 4.81. The first kappa shape index (κ1) is 29.4. The summed E-state index contributed by atoms with van der Waals surface area (Å²) in [7, 11) is 0. The molecule has 5 rings (SSSR count). The number of aromatic amines is 2. The average Bonchev–Trinajstić information content (AvgIpc) is 3.43. The zero-order valence-corrected chi connectivity index (χ0v) is 23.8. The number of benzene rings is 2. The van der Waals surface area contributed by atoms with Crippen LogP contribution in [0.25, 0.3) is 21.9 Å². The third-order valence-electron chi connectivity index (χ3n) is 7.93. The fourth-order valence-corrected chi connectivity index (χ4v) is 6.04. The van der Waals surface area contributed by atoms with E-state index in [1.165, 1.54) is 18.7 Å². The molecule has 0 saturated carbocycles. The molecule has 0 radical (unpaired) electrons. The molecule has 4 N–H and O–H groups in total. The molecule has 9 nitrogen and oxygen atoms in total. The minimum Gasteiger partial charge on any atom is -0.358 e. The first-order valence-electron chi connectivity index (χ1n) is 14.0.